The van der Waals surface area contributed by atoms with Crippen LogP contribution in [-0.4, -0.2) is 33.7 Å². The highest BCUT2D eigenvalue weighted by Gasteiger charge is 2.46. The van der Waals surface area contributed by atoms with Crippen LogP contribution in [0.25, 0.3) is 0 Å². The zero-order chi connectivity index (χ0) is 19.4. The largest absolute Gasteiger partial charge is 0.294 e. The van der Waals surface area contributed by atoms with Crippen LogP contribution in [0.4, 0.5) is 5.95 Å². The Labute approximate surface area is 163 Å². The van der Waals surface area contributed by atoms with E-state index in [1.807, 2.05) is 17.5 Å². The molecule has 140 valence electrons. The van der Waals surface area contributed by atoms with Gasteiger partial charge in [0.1, 0.15) is 5.92 Å². The number of thiophene rings is 1. The van der Waals surface area contributed by atoms with Crippen molar-refractivity contribution in [1.29, 1.82) is 0 Å². The molecule has 9 heteroatoms. The number of carbonyl (C=O) groups is 2. The van der Waals surface area contributed by atoms with Gasteiger partial charge in [0.2, 0.25) is 5.95 Å². The van der Waals surface area contributed by atoms with Crippen LogP contribution in [0.5, 0.6) is 0 Å². The minimum absolute atomic E-state index is 0.00390. The smallest absolute Gasteiger partial charge is 0.265 e. The Bertz CT molecular complexity index is 1160. The Morgan fingerprint density at radius 2 is 2.11 bits per heavy atom. The van der Waals surface area contributed by atoms with E-state index >= 15 is 0 Å². The minimum atomic E-state index is -0.711. The Hall–Kier alpha value is -3.20. The molecule has 4 heterocycles. The fraction of sp³-hybridized carbons (Fsp3) is 0.263. The van der Waals surface area contributed by atoms with Gasteiger partial charge in [0.05, 0.1) is 0 Å². The minimum Gasteiger partial charge on any atom is -0.294 e. The number of dihydropyridines is 1. The number of fused-ring (bicyclic) bond motifs is 2. The Morgan fingerprint density at radius 3 is 2.86 bits per heavy atom. The predicted molar refractivity (Wildman–Crippen MR) is 105 cm³/mol. The number of rotatable bonds is 2. The van der Waals surface area contributed by atoms with Crippen molar-refractivity contribution >= 4 is 41.0 Å². The lowest BCUT2D eigenvalue weighted by Crippen LogP contribution is -2.35. The van der Waals surface area contributed by atoms with Gasteiger partial charge in [-0.1, -0.05) is 6.07 Å². The number of H-pyrrole nitrogens is 1. The number of aromatic amines is 1. The summed E-state index contributed by atoms with van der Waals surface area (Å²) in [5.41, 5.74) is 1.39. The Kier molecular flexibility index (Phi) is 3.73. The summed E-state index contributed by atoms with van der Waals surface area (Å²) in [6.07, 6.45) is 2.53. The third-order valence-electron chi connectivity index (χ3n) is 5.14. The summed E-state index contributed by atoms with van der Waals surface area (Å²) >= 11 is 1.61. The molecule has 2 aromatic rings. The maximum atomic E-state index is 13.2. The number of amidine groups is 1. The first-order chi connectivity index (χ1) is 13.5. The molecule has 8 nitrogen and oxygen atoms in total. The van der Waals surface area contributed by atoms with Crippen molar-refractivity contribution in [2.45, 2.75) is 25.7 Å². The first-order valence-corrected chi connectivity index (χ1v) is 9.73. The van der Waals surface area contributed by atoms with Crippen LogP contribution in [0, 0.1) is 12.8 Å². The van der Waals surface area contributed by atoms with Gasteiger partial charge in [-0.2, -0.15) is 5.01 Å². The molecule has 2 aliphatic heterocycles. The zero-order valence-electron chi connectivity index (χ0n) is 14.9. The highest BCUT2D eigenvalue weighted by Crippen LogP contribution is 2.42. The van der Waals surface area contributed by atoms with Gasteiger partial charge in [0, 0.05) is 40.8 Å². The number of aromatic nitrogens is 2. The number of hydrazone groups is 1. The van der Waals surface area contributed by atoms with Crippen molar-refractivity contribution in [2.75, 3.05) is 5.01 Å². The second-order valence-electron chi connectivity index (χ2n) is 6.99. The number of Topliss-reactive ketones (excluding diaryl/α,β-unsaturated/α-hetero) is 1. The number of anilines is 1. The van der Waals surface area contributed by atoms with Crippen LogP contribution in [-0.2, 0) is 9.59 Å². The summed E-state index contributed by atoms with van der Waals surface area (Å²) < 4.78 is 0. The van der Waals surface area contributed by atoms with Crippen LogP contribution in [0.15, 0.2) is 49.6 Å². The van der Waals surface area contributed by atoms with Crippen LogP contribution in [0.3, 0.4) is 0 Å². The molecule has 0 bridgehead atoms. The van der Waals surface area contributed by atoms with E-state index in [1.165, 1.54) is 12.3 Å². The standard InChI is InChI=1S/C19H15N5O3S/c1-9-5-15(26)22-19(21-9)24-18(27)16-11-6-10(14-3-2-4-28-14)7-13(25)12(11)8-20-17(16)23-24/h2-5,8,10,16H,6-7H2,1H3,(H,21,22,26). The number of carbonyl (C=O) groups excluding carboxylic acids is 2. The van der Waals surface area contributed by atoms with Gasteiger partial charge in [-0.3, -0.25) is 19.4 Å². The molecule has 0 saturated heterocycles. The van der Waals surface area contributed by atoms with Crippen molar-refractivity contribution in [1.82, 2.24) is 9.97 Å². The molecule has 28 heavy (non-hydrogen) atoms. The quantitative estimate of drug-likeness (QED) is 0.841. The summed E-state index contributed by atoms with van der Waals surface area (Å²) in [4.78, 5) is 49.8. The van der Waals surface area contributed by atoms with Gasteiger partial charge in [-0.15, -0.1) is 16.4 Å². The average molecular weight is 393 g/mol. The Balaban J connectivity index is 1.54. The number of amides is 1. The monoisotopic (exact) mass is 393 g/mol. The third kappa shape index (κ3) is 2.58. The summed E-state index contributed by atoms with van der Waals surface area (Å²) in [7, 11) is 0. The lowest BCUT2D eigenvalue weighted by atomic mass is 9.76. The van der Waals surface area contributed by atoms with Crippen molar-refractivity contribution in [3.63, 3.8) is 0 Å². The second-order valence-corrected chi connectivity index (χ2v) is 7.97. The van der Waals surface area contributed by atoms with E-state index in [1.54, 1.807) is 18.3 Å². The highest BCUT2D eigenvalue weighted by atomic mass is 32.1. The van der Waals surface area contributed by atoms with Crippen LogP contribution in [0.2, 0.25) is 0 Å². The fourth-order valence-electron chi connectivity index (χ4n) is 3.91. The average Bonchev–Trinajstić information content (AvgIpc) is 3.29. The molecule has 2 aromatic heterocycles. The number of hydrogen-bond acceptors (Lipinski definition) is 7. The van der Waals surface area contributed by atoms with E-state index in [4.69, 9.17) is 0 Å². The second kappa shape index (κ2) is 6.16. The van der Waals surface area contributed by atoms with Crippen molar-refractivity contribution < 1.29 is 9.59 Å². The van der Waals surface area contributed by atoms with Gasteiger partial charge >= 0.3 is 0 Å². The summed E-state index contributed by atoms with van der Waals surface area (Å²) in [5.74, 6) is -0.627. The van der Waals surface area contributed by atoms with E-state index < -0.39 is 5.92 Å². The van der Waals surface area contributed by atoms with Crippen LogP contribution >= 0.6 is 11.3 Å². The maximum Gasteiger partial charge on any atom is 0.265 e. The zero-order valence-corrected chi connectivity index (χ0v) is 15.7. The van der Waals surface area contributed by atoms with Gasteiger partial charge in [0.25, 0.3) is 11.5 Å². The van der Waals surface area contributed by atoms with Gasteiger partial charge in [-0.05, 0) is 30.4 Å². The first kappa shape index (κ1) is 16.9. The van der Waals surface area contributed by atoms with Gasteiger partial charge < -0.3 is 0 Å². The summed E-state index contributed by atoms with van der Waals surface area (Å²) in [6, 6.07) is 5.32. The van der Waals surface area contributed by atoms with E-state index in [0.717, 1.165) is 15.5 Å². The third-order valence-corrected chi connectivity index (χ3v) is 6.17. The SMILES string of the molecule is Cc1cc(=O)[nH]c(N2N=C3N=CC4=C(CC(c5cccs5)CC4=O)C3C2=O)n1. The molecule has 2 atom stereocenters. The van der Waals surface area contributed by atoms with Crippen molar-refractivity contribution in [3.05, 3.63) is 55.7 Å². The van der Waals surface area contributed by atoms with Crippen LogP contribution in [0.1, 0.15) is 29.3 Å². The molecular formula is C19H15N5O3S. The van der Waals surface area contributed by atoms with E-state index in [-0.39, 0.29) is 29.1 Å². The number of hydrogen-bond donors (Lipinski definition) is 1. The van der Waals surface area contributed by atoms with Crippen molar-refractivity contribution in [3.8, 4) is 0 Å². The molecule has 2 unspecified atom stereocenters. The maximum absolute atomic E-state index is 13.2. The topological polar surface area (TPSA) is 108 Å². The summed E-state index contributed by atoms with van der Waals surface area (Å²) in [6.45, 7) is 1.67. The molecule has 0 radical (unpaired) electrons. The Morgan fingerprint density at radius 1 is 1.25 bits per heavy atom. The molecule has 3 aliphatic rings. The van der Waals surface area contributed by atoms with E-state index in [9.17, 15) is 14.4 Å². The number of allylic oxidation sites excluding steroid dienone is 1. The number of nitrogens with one attached hydrogen (secondary N) is 1. The highest BCUT2D eigenvalue weighted by molar-refractivity contribution is 7.10. The molecule has 0 aromatic carbocycles. The lowest BCUT2D eigenvalue weighted by Gasteiger charge is -2.28. The van der Waals surface area contributed by atoms with E-state index in [2.05, 4.69) is 20.1 Å². The molecule has 0 saturated carbocycles. The van der Waals surface area contributed by atoms with Gasteiger partial charge in [-0.25, -0.2) is 9.98 Å². The molecule has 5 rings (SSSR count). The molecule has 1 amide bonds. The summed E-state index contributed by atoms with van der Waals surface area (Å²) in [5, 5.41) is 7.35. The number of ketones is 1. The van der Waals surface area contributed by atoms with E-state index in [0.29, 0.717) is 29.9 Å². The molecule has 1 aliphatic carbocycles. The predicted octanol–water partition coefficient (Wildman–Crippen LogP) is 1.94. The van der Waals surface area contributed by atoms with Crippen molar-refractivity contribution in [2.24, 2.45) is 16.0 Å². The molecular weight excluding hydrogens is 378 g/mol. The molecule has 0 spiro atoms. The fourth-order valence-corrected chi connectivity index (χ4v) is 4.74. The number of nitrogens with zero attached hydrogens (tertiary/aromatic N) is 4. The number of aryl methyl sites for hydroxylation is 1. The molecule has 1 N–H and O–H groups in total. The number of aliphatic imine (C=N–C) groups is 1. The lowest BCUT2D eigenvalue weighted by molar-refractivity contribution is -0.119. The first-order valence-electron chi connectivity index (χ1n) is 8.85. The van der Waals surface area contributed by atoms with Crippen LogP contribution < -0.4 is 10.6 Å². The van der Waals surface area contributed by atoms with Gasteiger partial charge in [0.15, 0.2) is 11.6 Å². The molecule has 0 fully saturated rings. The normalized spacial score (nSPS) is 23.8.